The lowest BCUT2D eigenvalue weighted by molar-refractivity contribution is -0.116. The van der Waals surface area contributed by atoms with Crippen LogP contribution in [0.3, 0.4) is 0 Å². The van der Waals surface area contributed by atoms with E-state index < -0.39 is 0 Å². The molecule has 0 saturated carbocycles. The Kier molecular flexibility index (Phi) is 6.89. The fourth-order valence-corrected chi connectivity index (χ4v) is 2.56. The molecule has 0 bridgehead atoms. The van der Waals surface area contributed by atoms with Crippen molar-refractivity contribution in [2.24, 2.45) is 5.92 Å². The van der Waals surface area contributed by atoms with Gasteiger partial charge in [-0.2, -0.15) is 0 Å². The molecule has 21 heavy (non-hydrogen) atoms. The summed E-state index contributed by atoms with van der Waals surface area (Å²) in [6.45, 7) is 1.97. The lowest BCUT2D eigenvalue weighted by Gasteiger charge is -2.10. The third-order valence-electron chi connectivity index (χ3n) is 3.56. The summed E-state index contributed by atoms with van der Waals surface area (Å²) in [4.78, 5) is 16.3. The van der Waals surface area contributed by atoms with Gasteiger partial charge in [0.1, 0.15) is 0 Å². The molecule has 114 valence electrons. The summed E-state index contributed by atoms with van der Waals surface area (Å²) >= 11 is 0. The molecule has 0 spiro atoms. The highest BCUT2D eigenvalue weighted by molar-refractivity contribution is 6.00. The Balaban J connectivity index is 0.00000110. The summed E-state index contributed by atoms with van der Waals surface area (Å²) in [5, 5.41) is 7.28. The molecule has 1 aromatic carbocycles. The van der Waals surface area contributed by atoms with Crippen molar-refractivity contribution in [3.05, 3.63) is 36.5 Å². The molecule has 1 unspecified atom stereocenters. The highest BCUT2D eigenvalue weighted by atomic mass is 35.5. The van der Waals surface area contributed by atoms with Crippen LogP contribution in [0, 0.1) is 5.92 Å². The number of rotatable bonds is 3. The lowest BCUT2D eigenvalue weighted by Crippen LogP contribution is -2.18. The maximum Gasteiger partial charge on any atom is 0.224 e. The molecule has 2 aromatic rings. The smallest absolute Gasteiger partial charge is 0.224 e. The number of pyridine rings is 1. The van der Waals surface area contributed by atoms with E-state index in [1.807, 2.05) is 30.3 Å². The summed E-state index contributed by atoms with van der Waals surface area (Å²) < 4.78 is 0. The average molecular weight is 328 g/mol. The van der Waals surface area contributed by atoms with Crippen molar-refractivity contribution < 1.29 is 4.79 Å². The molecule has 3 rings (SSSR count). The topological polar surface area (TPSA) is 54.0 Å². The summed E-state index contributed by atoms with van der Waals surface area (Å²) in [6, 6.07) is 9.66. The standard InChI is InChI=1S/C15H17N3O.2ClH/c19-15(9-11-6-8-16-10-11)18-14-5-1-4-13-12(14)3-2-7-17-13;;/h1-5,7,11,16H,6,8-10H2,(H,18,19);2*1H. The molecule has 1 fully saturated rings. The van der Waals surface area contributed by atoms with Crippen molar-refractivity contribution in [3.63, 3.8) is 0 Å². The van der Waals surface area contributed by atoms with Crippen LogP contribution in [0.25, 0.3) is 10.9 Å². The quantitative estimate of drug-likeness (QED) is 0.911. The van der Waals surface area contributed by atoms with Gasteiger partial charge in [0.25, 0.3) is 0 Å². The van der Waals surface area contributed by atoms with E-state index in [1.165, 1.54) is 0 Å². The molecular formula is C15H19Cl2N3O. The number of carbonyl (C=O) groups is 1. The Morgan fingerprint density at radius 3 is 2.90 bits per heavy atom. The first-order chi connectivity index (χ1) is 9.33. The summed E-state index contributed by atoms with van der Waals surface area (Å²) in [5.41, 5.74) is 1.75. The van der Waals surface area contributed by atoms with Crippen molar-refractivity contribution in [1.29, 1.82) is 0 Å². The predicted molar refractivity (Wildman–Crippen MR) is 90.5 cm³/mol. The van der Waals surface area contributed by atoms with Gasteiger partial charge >= 0.3 is 0 Å². The molecule has 2 N–H and O–H groups in total. The van der Waals surface area contributed by atoms with Gasteiger partial charge in [-0.3, -0.25) is 9.78 Å². The normalized spacial score (nSPS) is 16.9. The molecule has 1 amide bonds. The molecule has 0 radical (unpaired) electrons. The van der Waals surface area contributed by atoms with E-state index in [-0.39, 0.29) is 30.7 Å². The summed E-state index contributed by atoms with van der Waals surface area (Å²) in [5.74, 6) is 0.554. The third kappa shape index (κ3) is 4.30. The number of aromatic nitrogens is 1. The molecule has 1 aromatic heterocycles. The molecule has 2 heterocycles. The van der Waals surface area contributed by atoms with Crippen molar-refractivity contribution in [3.8, 4) is 0 Å². The number of nitrogens with one attached hydrogen (secondary N) is 2. The first-order valence-corrected chi connectivity index (χ1v) is 6.67. The Hall–Kier alpha value is -1.36. The molecule has 1 aliphatic rings. The van der Waals surface area contributed by atoms with Crippen molar-refractivity contribution in [1.82, 2.24) is 10.3 Å². The molecule has 1 aliphatic heterocycles. The number of fused-ring (bicyclic) bond motifs is 1. The van der Waals surface area contributed by atoms with Crippen LogP contribution in [0.5, 0.6) is 0 Å². The van der Waals surface area contributed by atoms with Gasteiger partial charge in [0.2, 0.25) is 5.91 Å². The minimum atomic E-state index is 0. The van der Waals surface area contributed by atoms with Gasteiger partial charge in [0, 0.05) is 18.0 Å². The van der Waals surface area contributed by atoms with Crippen LogP contribution in [-0.2, 0) is 4.79 Å². The van der Waals surface area contributed by atoms with Gasteiger partial charge < -0.3 is 10.6 Å². The second-order valence-corrected chi connectivity index (χ2v) is 4.99. The van der Waals surface area contributed by atoms with E-state index in [0.29, 0.717) is 12.3 Å². The highest BCUT2D eigenvalue weighted by Gasteiger charge is 2.18. The van der Waals surface area contributed by atoms with E-state index in [1.54, 1.807) is 6.20 Å². The number of anilines is 1. The molecule has 0 aliphatic carbocycles. The fourth-order valence-electron chi connectivity index (χ4n) is 2.56. The van der Waals surface area contributed by atoms with Crippen LogP contribution in [0.1, 0.15) is 12.8 Å². The maximum atomic E-state index is 12.1. The first-order valence-electron chi connectivity index (χ1n) is 6.67. The molecular weight excluding hydrogens is 309 g/mol. The van der Waals surface area contributed by atoms with Crippen molar-refractivity contribution in [2.45, 2.75) is 12.8 Å². The number of halogens is 2. The number of carbonyl (C=O) groups excluding carboxylic acids is 1. The summed E-state index contributed by atoms with van der Waals surface area (Å²) in [6.07, 6.45) is 3.44. The summed E-state index contributed by atoms with van der Waals surface area (Å²) in [7, 11) is 0. The van der Waals surface area contributed by atoms with Crippen LogP contribution in [0.2, 0.25) is 0 Å². The zero-order chi connectivity index (χ0) is 13.1. The van der Waals surface area contributed by atoms with Crippen LogP contribution < -0.4 is 10.6 Å². The predicted octanol–water partition coefficient (Wildman–Crippen LogP) is 3.02. The van der Waals surface area contributed by atoms with Gasteiger partial charge in [-0.1, -0.05) is 6.07 Å². The van der Waals surface area contributed by atoms with E-state index in [0.717, 1.165) is 36.1 Å². The van der Waals surface area contributed by atoms with Crippen LogP contribution in [0.4, 0.5) is 5.69 Å². The first kappa shape index (κ1) is 17.7. The number of benzene rings is 1. The lowest BCUT2D eigenvalue weighted by atomic mass is 10.0. The number of amides is 1. The number of nitrogens with zero attached hydrogens (tertiary/aromatic N) is 1. The van der Waals surface area contributed by atoms with E-state index in [9.17, 15) is 4.79 Å². The number of hydrogen-bond donors (Lipinski definition) is 2. The number of hydrogen-bond acceptors (Lipinski definition) is 3. The van der Waals surface area contributed by atoms with E-state index >= 15 is 0 Å². The van der Waals surface area contributed by atoms with Crippen LogP contribution in [0.15, 0.2) is 36.5 Å². The van der Waals surface area contributed by atoms with Crippen LogP contribution in [-0.4, -0.2) is 24.0 Å². The molecule has 4 nitrogen and oxygen atoms in total. The minimum absolute atomic E-state index is 0. The second-order valence-electron chi connectivity index (χ2n) is 4.99. The molecule has 1 saturated heterocycles. The Morgan fingerprint density at radius 1 is 1.29 bits per heavy atom. The Morgan fingerprint density at radius 2 is 2.14 bits per heavy atom. The average Bonchev–Trinajstić information content (AvgIpc) is 2.92. The largest absolute Gasteiger partial charge is 0.325 e. The Labute approximate surface area is 136 Å². The van der Waals surface area contributed by atoms with E-state index in [2.05, 4.69) is 15.6 Å². The maximum absolute atomic E-state index is 12.1. The van der Waals surface area contributed by atoms with Gasteiger partial charge in [0.05, 0.1) is 11.2 Å². The third-order valence-corrected chi connectivity index (χ3v) is 3.56. The monoisotopic (exact) mass is 327 g/mol. The Bertz CT molecular complexity index is 595. The van der Waals surface area contributed by atoms with E-state index in [4.69, 9.17) is 0 Å². The van der Waals surface area contributed by atoms with Crippen molar-refractivity contribution >= 4 is 47.3 Å². The van der Waals surface area contributed by atoms with Gasteiger partial charge in [-0.05, 0) is 49.7 Å². The van der Waals surface area contributed by atoms with Crippen molar-refractivity contribution in [2.75, 3.05) is 18.4 Å². The highest BCUT2D eigenvalue weighted by Crippen LogP contribution is 2.22. The SMILES string of the molecule is Cl.Cl.O=C(CC1CCNC1)Nc1cccc2ncccc12. The molecule has 1 atom stereocenters. The van der Waals surface area contributed by atoms with Gasteiger partial charge in [-0.15, -0.1) is 24.8 Å². The van der Waals surface area contributed by atoms with Gasteiger partial charge in [0.15, 0.2) is 0 Å². The zero-order valence-corrected chi connectivity index (χ0v) is 13.2. The fraction of sp³-hybridized carbons (Fsp3) is 0.333. The minimum Gasteiger partial charge on any atom is -0.325 e. The van der Waals surface area contributed by atoms with Gasteiger partial charge in [-0.25, -0.2) is 0 Å². The molecule has 6 heteroatoms. The second kappa shape index (κ2) is 8.17. The zero-order valence-electron chi connectivity index (χ0n) is 11.5. The van der Waals surface area contributed by atoms with Crippen LogP contribution >= 0.6 is 24.8 Å².